The summed E-state index contributed by atoms with van der Waals surface area (Å²) in [5, 5.41) is 16.4. The van der Waals surface area contributed by atoms with Crippen molar-refractivity contribution in [3.8, 4) is 0 Å². The van der Waals surface area contributed by atoms with Gasteiger partial charge < -0.3 is 15.7 Å². The number of nitrogens with zero attached hydrogens (tertiary/aromatic N) is 2. The number of hydrogen-bond acceptors (Lipinski definition) is 5. The van der Waals surface area contributed by atoms with Crippen LogP contribution in [0.4, 0.5) is 11.8 Å². The van der Waals surface area contributed by atoms with Crippen LogP contribution in [0, 0.1) is 0 Å². The van der Waals surface area contributed by atoms with E-state index >= 15 is 0 Å². The second kappa shape index (κ2) is 7.56. The van der Waals surface area contributed by atoms with Crippen molar-refractivity contribution >= 4 is 22.7 Å². The van der Waals surface area contributed by atoms with E-state index in [4.69, 9.17) is 5.11 Å². The van der Waals surface area contributed by atoms with Crippen LogP contribution in [0.25, 0.3) is 10.9 Å². The minimum Gasteiger partial charge on any atom is -0.395 e. The first-order chi connectivity index (χ1) is 11.4. The van der Waals surface area contributed by atoms with Gasteiger partial charge in [-0.3, -0.25) is 0 Å². The molecule has 118 valence electrons. The Kier molecular flexibility index (Phi) is 5.01. The van der Waals surface area contributed by atoms with Crippen LogP contribution in [0.1, 0.15) is 5.56 Å². The van der Waals surface area contributed by atoms with E-state index in [2.05, 4.69) is 32.7 Å². The number of para-hydroxylation sites is 1. The van der Waals surface area contributed by atoms with E-state index in [1.165, 1.54) is 5.56 Å². The van der Waals surface area contributed by atoms with Crippen LogP contribution in [0.3, 0.4) is 0 Å². The molecule has 23 heavy (non-hydrogen) atoms. The smallest absolute Gasteiger partial charge is 0.225 e. The highest BCUT2D eigenvalue weighted by molar-refractivity contribution is 5.89. The lowest BCUT2D eigenvalue weighted by Gasteiger charge is -2.11. The Morgan fingerprint density at radius 3 is 2.43 bits per heavy atom. The third-order valence-corrected chi connectivity index (χ3v) is 3.55. The summed E-state index contributed by atoms with van der Waals surface area (Å²) in [5.41, 5.74) is 2.16. The van der Waals surface area contributed by atoms with Gasteiger partial charge in [-0.1, -0.05) is 42.5 Å². The Bertz CT molecular complexity index is 761. The van der Waals surface area contributed by atoms with Crippen molar-refractivity contribution in [3.05, 3.63) is 60.2 Å². The van der Waals surface area contributed by atoms with Gasteiger partial charge in [0.1, 0.15) is 5.82 Å². The maximum Gasteiger partial charge on any atom is 0.225 e. The number of benzene rings is 2. The Morgan fingerprint density at radius 2 is 1.61 bits per heavy atom. The van der Waals surface area contributed by atoms with Crippen LogP contribution in [-0.4, -0.2) is 34.8 Å². The third-order valence-electron chi connectivity index (χ3n) is 3.55. The zero-order valence-electron chi connectivity index (χ0n) is 12.9. The second-order valence-electron chi connectivity index (χ2n) is 5.23. The largest absolute Gasteiger partial charge is 0.395 e. The fraction of sp³-hybridized carbons (Fsp3) is 0.222. The van der Waals surface area contributed by atoms with E-state index in [0.29, 0.717) is 12.5 Å². The average Bonchev–Trinajstić information content (AvgIpc) is 2.60. The molecule has 0 unspecified atom stereocenters. The molecule has 0 spiro atoms. The number of aliphatic hydroxyl groups is 1. The number of nitrogens with one attached hydrogen (secondary N) is 2. The molecule has 1 heterocycles. The van der Waals surface area contributed by atoms with Crippen molar-refractivity contribution < 1.29 is 5.11 Å². The molecule has 3 N–H and O–H groups in total. The number of rotatable bonds is 7. The van der Waals surface area contributed by atoms with Crippen LogP contribution in [0.5, 0.6) is 0 Å². The fourth-order valence-corrected chi connectivity index (χ4v) is 2.43. The summed E-state index contributed by atoms with van der Waals surface area (Å²) in [6.45, 7) is 1.29. The molecule has 5 nitrogen and oxygen atoms in total. The van der Waals surface area contributed by atoms with Gasteiger partial charge in [-0.25, -0.2) is 4.98 Å². The number of aliphatic hydroxyl groups excluding tert-OH is 1. The second-order valence-corrected chi connectivity index (χ2v) is 5.23. The van der Waals surface area contributed by atoms with E-state index in [-0.39, 0.29) is 6.61 Å². The molecular formula is C18H20N4O. The van der Waals surface area contributed by atoms with Crippen molar-refractivity contribution in [2.24, 2.45) is 0 Å². The molecule has 1 aromatic heterocycles. The lowest BCUT2D eigenvalue weighted by Crippen LogP contribution is -2.12. The third kappa shape index (κ3) is 3.96. The van der Waals surface area contributed by atoms with Gasteiger partial charge in [-0.15, -0.1) is 0 Å². The Hall–Kier alpha value is -2.66. The van der Waals surface area contributed by atoms with Crippen molar-refractivity contribution in [1.82, 2.24) is 9.97 Å². The first-order valence-electron chi connectivity index (χ1n) is 7.76. The quantitative estimate of drug-likeness (QED) is 0.626. The van der Waals surface area contributed by atoms with Gasteiger partial charge in [-0.2, -0.15) is 4.98 Å². The molecule has 0 saturated carbocycles. The highest BCUT2D eigenvalue weighted by Crippen LogP contribution is 2.21. The molecule has 3 aromatic rings. The minimum atomic E-state index is 0.0646. The normalized spacial score (nSPS) is 10.7. The van der Waals surface area contributed by atoms with Gasteiger partial charge in [0, 0.05) is 18.5 Å². The molecule has 3 rings (SSSR count). The molecule has 0 aliphatic heterocycles. The summed E-state index contributed by atoms with van der Waals surface area (Å²) in [7, 11) is 0. The highest BCUT2D eigenvalue weighted by Gasteiger charge is 2.06. The maximum atomic E-state index is 9.01. The summed E-state index contributed by atoms with van der Waals surface area (Å²) in [6.07, 6.45) is 0.913. The lowest BCUT2D eigenvalue weighted by atomic mass is 10.1. The highest BCUT2D eigenvalue weighted by atomic mass is 16.3. The van der Waals surface area contributed by atoms with Gasteiger partial charge in [0.2, 0.25) is 5.95 Å². The van der Waals surface area contributed by atoms with E-state index in [1.807, 2.05) is 42.5 Å². The Balaban J connectivity index is 1.75. The SMILES string of the molecule is OCCNc1nc(NCCc2ccccc2)nc2ccccc12. The first kappa shape index (κ1) is 15.2. The molecule has 2 aromatic carbocycles. The standard InChI is InChI=1S/C18H20N4O/c23-13-12-19-17-15-8-4-5-9-16(15)21-18(22-17)20-11-10-14-6-2-1-3-7-14/h1-9,23H,10-13H2,(H2,19,20,21,22). The Morgan fingerprint density at radius 1 is 0.826 bits per heavy atom. The fourth-order valence-electron chi connectivity index (χ4n) is 2.43. The molecular weight excluding hydrogens is 288 g/mol. The van der Waals surface area contributed by atoms with Crippen LogP contribution in [-0.2, 0) is 6.42 Å². The zero-order valence-corrected chi connectivity index (χ0v) is 12.9. The molecule has 0 bridgehead atoms. The molecule has 0 aliphatic carbocycles. The number of aromatic nitrogens is 2. The molecule has 0 saturated heterocycles. The maximum absolute atomic E-state index is 9.01. The molecule has 0 amide bonds. The van der Waals surface area contributed by atoms with Crippen molar-refractivity contribution in [2.45, 2.75) is 6.42 Å². The van der Waals surface area contributed by atoms with E-state index < -0.39 is 0 Å². The summed E-state index contributed by atoms with van der Waals surface area (Å²) in [4.78, 5) is 9.08. The van der Waals surface area contributed by atoms with Gasteiger partial charge in [0.25, 0.3) is 0 Å². The topological polar surface area (TPSA) is 70.1 Å². The predicted octanol–water partition coefficient (Wildman–Crippen LogP) is 2.69. The van der Waals surface area contributed by atoms with Gasteiger partial charge in [0.15, 0.2) is 0 Å². The van der Waals surface area contributed by atoms with Gasteiger partial charge in [0.05, 0.1) is 12.1 Å². The molecule has 5 heteroatoms. The van der Waals surface area contributed by atoms with Crippen LogP contribution >= 0.6 is 0 Å². The summed E-state index contributed by atoms with van der Waals surface area (Å²) in [5.74, 6) is 1.34. The first-order valence-corrected chi connectivity index (χ1v) is 7.76. The lowest BCUT2D eigenvalue weighted by molar-refractivity contribution is 0.311. The van der Waals surface area contributed by atoms with Gasteiger partial charge >= 0.3 is 0 Å². The predicted molar refractivity (Wildman–Crippen MR) is 93.7 cm³/mol. The number of anilines is 2. The van der Waals surface area contributed by atoms with Crippen molar-refractivity contribution in [2.75, 3.05) is 30.3 Å². The zero-order chi connectivity index (χ0) is 15.9. The molecule has 0 aliphatic rings. The van der Waals surface area contributed by atoms with E-state index in [9.17, 15) is 0 Å². The number of fused-ring (bicyclic) bond motifs is 1. The summed E-state index contributed by atoms with van der Waals surface area (Å²) >= 11 is 0. The van der Waals surface area contributed by atoms with E-state index in [0.717, 1.165) is 29.7 Å². The average molecular weight is 308 g/mol. The van der Waals surface area contributed by atoms with Crippen LogP contribution < -0.4 is 10.6 Å². The van der Waals surface area contributed by atoms with Crippen LogP contribution in [0.15, 0.2) is 54.6 Å². The van der Waals surface area contributed by atoms with E-state index in [1.54, 1.807) is 0 Å². The molecule has 0 fully saturated rings. The van der Waals surface area contributed by atoms with Crippen molar-refractivity contribution in [1.29, 1.82) is 0 Å². The van der Waals surface area contributed by atoms with Crippen molar-refractivity contribution in [3.63, 3.8) is 0 Å². The minimum absolute atomic E-state index is 0.0646. The van der Waals surface area contributed by atoms with Gasteiger partial charge in [-0.05, 0) is 24.1 Å². The molecule has 0 radical (unpaired) electrons. The summed E-state index contributed by atoms with van der Waals surface area (Å²) < 4.78 is 0. The molecule has 0 atom stereocenters. The summed E-state index contributed by atoms with van der Waals surface area (Å²) in [6, 6.07) is 18.2. The Labute approximate surface area is 135 Å². The number of hydrogen-bond donors (Lipinski definition) is 3. The monoisotopic (exact) mass is 308 g/mol. The van der Waals surface area contributed by atoms with Crippen LogP contribution in [0.2, 0.25) is 0 Å².